The Bertz CT molecular complexity index is 4040. The molecule has 0 atom stereocenters. The monoisotopic (exact) mass is 1100 g/mol. The van der Waals surface area contributed by atoms with Gasteiger partial charge in [0, 0.05) is 45.8 Å². The van der Waals surface area contributed by atoms with Gasteiger partial charge < -0.3 is 30.6 Å². The Kier molecular flexibility index (Phi) is 14.6. The lowest BCUT2D eigenvalue weighted by Crippen LogP contribution is -1.98. The predicted molar refractivity (Wildman–Crippen MR) is 323 cm³/mol. The van der Waals surface area contributed by atoms with Crippen LogP contribution in [-0.2, 0) is 0 Å². The van der Waals surface area contributed by atoms with E-state index < -0.39 is 35.8 Å². The van der Waals surface area contributed by atoms with Crippen LogP contribution in [0.3, 0.4) is 0 Å². The first kappa shape index (κ1) is 54.1. The topological polar surface area (TPSA) is 249 Å². The highest BCUT2D eigenvalue weighted by atomic mass is 16.4. The molecule has 0 radical (unpaired) electrons. The zero-order chi connectivity index (χ0) is 58.8. The summed E-state index contributed by atoms with van der Waals surface area (Å²) in [5.41, 5.74) is 10.3. The molecule has 0 saturated heterocycles. The van der Waals surface area contributed by atoms with Crippen molar-refractivity contribution in [2.45, 2.75) is 0 Å². The number of hydrogen-bond donors (Lipinski definition) is 6. The first-order chi connectivity index (χ1) is 40.6. The van der Waals surface area contributed by atoms with Gasteiger partial charge in [-0.3, -0.25) is 9.98 Å². The van der Waals surface area contributed by atoms with Crippen molar-refractivity contribution < 1.29 is 59.4 Å². The lowest BCUT2D eigenvalue weighted by Gasteiger charge is -2.18. The maximum Gasteiger partial charge on any atom is 0.335 e. The van der Waals surface area contributed by atoms with Crippen molar-refractivity contribution >= 4 is 81.2 Å². The molecule has 0 spiro atoms. The van der Waals surface area contributed by atoms with E-state index in [9.17, 15) is 59.4 Å². The van der Waals surface area contributed by atoms with Crippen molar-refractivity contribution in [2.24, 2.45) is 9.98 Å². The molecule has 0 heterocycles. The zero-order valence-electron chi connectivity index (χ0n) is 44.0. The van der Waals surface area contributed by atoms with Crippen molar-refractivity contribution in [3.63, 3.8) is 0 Å². The highest BCUT2D eigenvalue weighted by Gasteiger charge is 2.21. The molecule has 0 aliphatic rings. The Morgan fingerprint density at radius 2 is 0.440 bits per heavy atom. The number of fused-ring (bicyclic) bond motifs is 2. The number of carboxylic acid groups (broad SMARTS) is 6. The van der Waals surface area contributed by atoms with E-state index in [-0.39, 0.29) is 33.4 Å². The number of aliphatic imine (C=N–C) groups is 2. The molecule has 0 saturated carbocycles. The first-order valence-corrected chi connectivity index (χ1v) is 26.0. The summed E-state index contributed by atoms with van der Waals surface area (Å²) in [7, 11) is 0. The normalized spacial score (nSPS) is 11.3. The van der Waals surface area contributed by atoms with Crippen LogP contribution in [0.4, 0.5) is 11.4 Å². The van der Waals surface area contributed by atoms with Gasteiger partial charge >= 0.3 is 35.8 Å². The van der Waals surface area contributed by atoms with Crippen molar-refractivity contribution in [3.05, 3.63) is 263 Å². The van der Waals surface area contributed by atoms with Crippen LogP contribution in [0.25, 0.3) is 88.3 Å². The fraction of sp³-hybridized carbons (Fsp3) is 0. The van der Waals surface area contributed by atoms with Crippen LogP contribution in [0.15, 0.2) is 228 Å². The van der Waals surface area contributed by atoms with Crippen LogP contribution >= 0.6 is 0 Å². The molecule has 14 heteroatoms. The van der Waals surface area contributed by atoms with E-state index >= 15 is 0 Å². The third kappa shape index (κ3) is 10.8. The maximum absolute atomic E-state index is 12.1. The quantitative estimate of drug-likeness (QED) is 0.0391. The van der Waals surface area contributed by atoms with E-state index in [2.05, 4.69) is 0 Å². The van der Waals surface area contributed by atoms with Gasteiger partial charge in [0.05, 0.1) is 44.8 Å². The van der Waals surface area contributed by atoms with Crippen molar-refractivity contribution in [1.82, 2.24) is 0 Å². The number of aromatic carboxylic acids is 6. The average molecular weight is 1110 g/mol. The van der Waals surface area contributed by atoms with E-state index in [1.54, 1.807) is 85.2 Å². The fourth-order valence-corrected chi connectivity index (χ4v) is 10.3. The standard InChI is InChI=1S/C70H44N2O12/c73-65(74)45-21-9-39(10-22-45)51-33-57(41-13-25-47(26-14-41)67(77)78)63(58(34-51)42-15-27-48(28-16-42)68(79)80)71-37-61-53-5-1-2-6-54(53)62(56-8-4-3-7-55(56)61)38-72-64-59(43-17-29-49(30-18-43)69(81)82)35-52(40-11-23-46(24-12-40)66(75)76)36-60(64)44-19-31-50(32-20-44)70(83)84/h1-38H,(H,73,74)(H,75,76)(H,77,78)(H,79,80)(H,81,82)(H,83,84). The molecule has 11 aromatic rings. The van der Waals surface area contributed by atoms with Gasteiger partial charge in [-0.15, -0.1) is 0 Å². The molecule has 0 amide bonds. The second-order valence-electron chi connectivity index (χ2n) is 19.6. The maximum atomic E-state index is 12.1. The molecule has 6 N–H and O–H groups in total. The number of nitrogens with zero attached hydrogens (tertiary/aromatic N) is 2. The Morgan fingerprint density at radius 3 is 0.631 bits per heavy atom. The third-order valence-corrected chi connectivity index (χ3v) is 14.6. The second-order valence-corrected chi connectivity index (χ2v) is 19.6. The molecular weight excluding hydrogens is 1060 g/mol. The van der Waals surface area contributed by atoms with Crippen LogP contribution in [0.5, 0.6) is 0 Å². The van der Waals surface area contributed by atoms with Gasteiger partial charge in [-0.25, -0.2) is 28.8 Å². The van der Waals surface area contributed by atoms with Crippen molar-refractivity contribution in [2.75, 3.05) is 0 Å². The summed E-state index contributed by atoms with van der Waals surface area (Å²) in [4.78, 5) is 82.8. The average Bonchev–Trinajstić information content (AvgIpc) is 3.09. The minimum Gasteiger partial charge on any atom is -0.478 e. The third-order valence-electron chi connectivity index (χ3n) is 14.6. The van der Waals surface area contributed by atoms with Crippen molar-refractivity contribution in [1.29, 1.82) is 0 Å². The summed E-state index contributed by atoms with van der Waals surface area (Å²) in [6.07, 6.45) is 3.54. The van der Waals surface area contributed by atoms with E-state index in [1.165, 1.54) is 72.8 Å². The molecular formula is C70H44N2O12. The molecule has 0 aromatic heterocycles. The van der Waals surface area contributed by atoms with Crippen LogP contribution in [-0.4, -0.2) is 78.9 Å². The summed E-state index contributed by atoms with van der Waals surface area (Å²) < 4.78 is 0. The van der Waals surface area contributed by atoms with Crippen LogP contribution in [0, 0.1) is 0 Å². The van der Waals surface area contributed by atoms with Gasteiger partial charge in [0.1, 0.15) is 0 Å². The van der Waals surface area contributed by atoms with Gasteiger partial charge in [0.2, 0.25) is 0 Å². The lowest BCUT2D eigenvalue weighted by atomic mass is 9.89. The second kappa shape index (κ2) is 22.7. The molecule has 84 heavy (non-hydrogen) atoms. The van der Waals surface area contributed by atoms with Crippen LogP contribution in [0.1, 0.15) is 73.3 Å². The summed E-state index contributed by atoms with van der Waals surface area (Å²) >= 11 is 0. The largest absolute Gasteiger partial charge is 0.478 e. The van der Waals surface area contributed by atoms with Gasteiger partial charge in [-0.05, 0) is 163 Å². The lowest BCUT2D eigenvalue weighted by molar-refractivity contribution is 0.0686. The Balaban J connectivity index is 1.13. The smallest absolute Gasteiger partial charge is 0.335 e. The summed E-state index contributed by atoms with van der Waals surface area (Å²) in [6, 6.07) is 61.3. The minimum absolute atomic E-state index is 0.0633. The molecule has 14 nitrogen and oxygen atoms in total. The fourth-order valence-electron chi connectivity index (χ4n) is 10.3. The minimum atomic E-state index is -1.11. The van der Waals surface area contributed by atoms with Gasteiger partial charge in [-0.1, -0.05) is 121 Å². The Labute approximate surface area is 478 Å². The van der Waals surface area contributed by atoms with Crippen molar-refractivity contribution in [3.8, 4) is 66.8 Å². The first-order valence-electron chi connectivity index (χ1n) is 26.0. The van der Waals surface area contributed by atoms with Crippen LogP contribution in [0.2, 0.25) is 0 Å². The summed E-state index contributed by atoms with van der Waals surface area (Å²) in [6.45, 7) is 0. The Hall–Kier alpha value is -11.9. The van der Waals surface area contributed by atoms with Gasteiger partial charge in [0.15, 0.2) is 0 Å². The predicted octanol–water partition coefficient (Wildman–Crippen LogP) is 15.7. The molecule has 0 bridgehead atoms. The molecule has 0 aliphatic heterocycles. The molecule has 0 aliphatic carbocycles. The summed E-state index contributed by atoms with van der Waals surface area (Å²) in [5.74, 6) is -6.63. The number of carboxylic acids is 6. The number of benzene rings is 11. The SMILES string of the molecule is O=C(O)c1ccc(-c2cc(-c3ccc(C(=O)O)cc3)c(N=Cc3c4ccccc4c(C=Nc4c(-c5ccc(C(=O)O)cc5)cc(-c5ccc(C(=O)O)cc5)cc4-c4ccc(C(=O)O)cc4)c4ccccc34)c(-c3ccc(C(=O)O)cc3)c2)cc1. The zero-order valence-corrected chi connectivity index (χ0v) is 44.0. The highest BCUT2D eigenvalue weighted by molar-refractivity contribution is 6.22. The summed E-state index contributed by atoms with van der Waals surface area (Å²) in [5, 5.41) is 62.1. The number of carbonyl (C=O) groups is 6. The van der Waals surface area contributed by atoms with E-state index in [0.29, 0.717) is 78.1 Å². The molecule has 0 fully saturated rings. The van der Waals surface area contributed by atoms with E-state index in [1.807, 2.05) is 72.8 Å². The molecule has 0 unspecified atom stereocenters. The van der Waals surface area contributed by atoms with E-state index in [0.717, 1.165) is 32.7 Å². The molecule has 11 aromatic carbocycles. The Morgan fingerprint density at radius 1 is 0.250 bits per heavy atom. The number of rotatable bonds is 16. The van der Waals surface area contributed by atoms with Gasteiger partial charge in [0.25, 0.3) is 0 Å². The molecule has 406 valence electrons. The molecule has 11 rings (SSSR count). The van der Waals surface area contributed by atoms with Gasteiger partial charge in [-0.2, -0.15) is 0 Å². The van der Waals surface area contributed by atoms with Crippen LogP contribution < -0.4 is 0 Å². The highest BCUT2D eigenvalue weighted by Crippen LogP contribution is 2.46. The van der Waals surface area contributed by atoms with E-state index in [4.69, 9.17) is 9.98 Å². The number of hydrogen-bond acceptors (Lipinski definition) is 8.